The van der Waals surface area contributed by atoms with E-state index in [4.69, 9.17) is 39.9 Å². The van der Waals surface area contributed by atoms with Crippen LogP contribution < -0.4 is 0 Å². The smallest absolute Gasteiger partial charge is 0.302 e. The van der Waals surface area contributed by atoms with Crippen LogP contribution in [0.5, 0.6) is 0 Å². The second-order valence-corrected chi connectivity index (χ2v) is 4.08. The number of carbonyl (C=O) groups excluding carboxylic acids is 2. The zero-order chi connectivity index (χ0) is 15.6. The lowest BCUT2D eigenvalue weighted by molar-refractivity contribution is -0.141. The highest BCUT2D eigenvalue weighted by atomic mass is 35.6. The van der Waals surface area contributed by atoms with E-state index in [0.717, 1.165) is 7.11 Å². The summed E-state index contributed by atoms with van der Waals surface area (Å²) in [6.45, 7) is 7.31. The van der Waals surface area contributed by atoms with Gasteiger partial charge >= 0.3 is 11.9 Å². The number of hydrogen-bond donors (Lipinski definition) is 1. The number of alkyl halides is 3. The Kier molecular flexibility index (Phi) is 37.4. The zero-order valence-electron chi connectivity index (χ0n) is 11.2. The Morgan fingerprint density at radius 2 is 1.11 bits per heavy atom. The van der Waals surface area contributed by atoms with Crippen molar-refractivity contribution in [2.45, 2.75) is 32.0 Å². The lowest BCUT2D eigenvalue weighted by Crippen LogP contribution is -1.95. The molecule has 0 spiro atoms. The van der Waals surface area contributed by atoms with Crippen LogP contribution in [0.4, 0.5) is 0 Å². The highest BCUT2D eigenvalue weighted by Gasteiger charge is 1.82. The van der Waals surface area contributed by atoms with Gasteiger partial charge in [-0.25, -0.2) is 0 Å². The van der Waals surface area contributed by atoms with Gasteiger partial charge in [-0.1, -0.05) is 34.8 Å². The number of ether oxygens (including phenoxy) is 2. The Balaban J connectivity index is -0.0000000777. The molecule has 0 aliphatic heterocycles. The summed E-state index contributed by atoms with van der Waals surface area (Å²) in [6.07, 6.45) is 0. The highest BCUT2D eigenvalue weighted by Crippen LogP contribution is 2.03. The predicted molar refractivity (Wildman–Crippen MR) is 74.1 cm³/mol. The van der Waals surface area contributed by atoms with Crippen LogP contribution in [0, 0.1) is 0 Å². The van der Waals surface area contributed by atoms with E-state index in [1.165, 1.54) is 13.8 Å². The maximum Gasteiger partial charge on any atom is 0.302 e. The van der Waals surface area contributed by atoms with E-state index in [0.29, 0.717) is 13.2 Å². The van der Waals surface area contributed by atoms with E-state index >= 15 is 0 Å². The van der Waals surface area contributed by atoms with Crippen LogP contribution >= 0.6 is 34.8 Å². The first-order chi connectivity index (χ1) is 8.27. The molecule has 0 heterocycles. The van der Waals surface area contributed by atoms with Crippen LogP contribution in [0.1, 0.15) is 27.7 Å². The van der Waals surface area contributed by atoms with Gasteiger partial charge in [0.2, 0.25) is 0 Å². The normalized spacial score (nSPS) is 7.44. The fourth-order valence-electron chi connectivity index (χ4n) is 0.407. The fourth-order valence-corrected chi connectivity index (χ4v) is 0.407. The number of rotatable bonds is 2. The lowest BCUT2D eigenvalue weighted by atomic mass is 10.8. The minimum atomic E-state index is -0.750. The largest absolute Gasteiger partial charge is 0.466 e. The predicted octanol–water partition coefficient (Wildman–Crippen LogP) is 2.73. The van der Waals surface area contributed by atoms with Gasteiger partial charge in [-0.05, 0) is 13.8 Å². The molecule has 0 bridgehead atoms. The SMILES string of the molecule is CCOC(C)=O.CCOC(C)=O.CO.ClC(Cl)Cl. The van der Waals surface area contributed by atoms with E-state index < -0.39 is 4.30 Å². The molecule has 8 heteroatoms. The first-order valence-electron chi connectivity index (χ1n) is 4.91. The van der Waals surface area contributed by atoms with Gasteiger partial charge in [0, 0.05) is 21.0 Å². The molecule has 112 valence electrons. The molecule has 0 aromatic carbocycles. The van der Waals surface area contributed by atoms with Crippen LogP contribution in [-0.4, -0.2) is 41.7 Å². The molecule has 0 atom stereocenters. The molecule has 0 rings (SSSR count). The quantitative estimate of drug-likeness (QED) is 0.623. The number of carbonyl (C=O) groups is 2. The molecule has 0 aromatic rings. The second kappa shape index (κ2) is 25.6. The average molecular weight is 328 g/mol. The zero-order valence-corrected chi connectivity index (χ0v) is 13.5. The minimum absolute atomic E-state index is 0.211. The van der Waals surface area contributed by atoms with Gasteiger partial charge in [-0.3, -0.25) is 9.59 Å². The van der Waals surface area contributed by atoms with Crippen molar-refractivity contribution in [1.82, 2.24) is 0 Å². The van der Waals surface area contributed by atoms with Gasteiger partial charge in [0.15, 0.2) is 4.30 Å². The third kappa shape index (κ3) is 103. The second-order valence-electron chi connectivity index (χ2n) is 2.10. The van der Waals surface area contributed by atoms with Gasteiger partial charge < -0.3 is 14.6 Å². The third-order valence-corrected chi connectivity index (χ3v) is 0.695. The molecule has 0 saturated carbocycles. The molecule has 0 fully saturated rings. The van der Waals surface area contributed by atoms with E-state index in [2.05, 4.69) is 9.47 Å². The first kappa shape index (κ1) is 26.4. The van der Waals surface area contributed by atoms with E-state index in [1.54, 1.807) is 13.8 Å². The van der Waals surface area contributed by atoms with E-state index in [1.807, 2.05) is 0 Å². The van der Waals surface area contributed by atoms with Crippen molar-refractivity contribution >= 4 is 46.7 Å². The Morgan fingerprint density at radius 1 is 0.944 bits per heavy atom. The van der Waals surface area contributed by atoms with Crippen molar-refractivity contribution in [3.8, 4) is 0 Å². The average Bonchev–Trinajstić information content (AvgIpc) is 2.20. The maximum atomic E-state index is 9.82. The van der Waals surface area contributed by atoms with Gasteiger partial charge in [0.25, 0.3) is 0 Å². The van der Waals surface area contributed by atoms with Gasteiger partial charge in [-0.2, -0.15) is 0 Å². The number of aliphatic hydroxyl groups is 1. The first-order valence-corrected chi connectivity index (χ1v) is 6.22. The molecule has 0 saturated heterocycles. The molecule has 0 aliphatic rings. The Morgan fingerprint density at radius 3 is 1.11 bits per heavy atom. The summed E-state index contributed by atoms with van der Waals surface area (Å²) in [5.74, 6) is -0.421. The van der Waals surface area contributed by atoms with E-state index in [9.17, 15) is 9.59 Å². The third-order valence-electron chi connectivity index (χ3n) is 0.695. The van der Waals surface area contributed by atoms with Crippen molar-refractivity contribution in [2.24, 2.45) is 0 Å². The molecule has 0 aromatic heterocycles. The summed E-state index contributed by atoms with van der Waals surface area (Å²) in [5.41, 5.74) is 0. The Labute approximate surface area is 123 Å². The van der Waals surface area contributed by atoms with Crippen molar-refractivity contribution in [1.29, 1.82) is 0 Å². The summed E-state index contributed by atoms with van der Waals surface area (Å²) < 4.78 is 8.06. The highest BCUT2D eigenvalue weighted by molar-refractivity contribution is 6.63. The molecule has 0 unspecified atom stereocenters. The molecule has 5 nitrogen and oxygen atoms in total. The monoisotopic (exact) mass is 326 g/mol. The summed E-state index contributed by atoms with van der Waals surface area (Å²) >= 11 is 14.4. The standard InChI is InChI=1S/2C4H8O2.CHCl3.CH4O/c2*1-3-6-4(2)5;2-1(3)4;1-2/h2*3H2,1-2H3;1H;2H,1H3. The topological polar surface area (TPSA) is 72.8 Å². The number of halogens is 3. The molecule has 0 amide bonds. The van der Waals surface area contributed by atoms with Crippen molar-refractivity contribution in [2.75, 3.05) is 20.3 Å². The summed E-state index contributed by atoms with van der Waals surface area (Å²) in [5, 5.41) is 7.00. The molecule has 1 N–H and O–H groups in total. The minimum Gasteiger partial charge on any atom is -0.466 e. The van der Waals surface area contributed by atoms with Gasteiger partial charge in [-0.15, -0.1) is 0 Å². The van der Waals surface area contributed by atoms with Crippen molar-refractivity contribution in [3.05, 3.63) is 0 Å². The van der Waals surface area contributed by atoms with Crippen LogP contribution in [-0.2, 0) is 19.1 Å². The van der Waals surface area contributed by atoms with Crippen LogP contribution in [0.25, 0.3) is 0 Å². The molecule has 0 aliphatic carbocycles. The molecular weight excluding hydrogens is 306 g/mol. The van der Waals surface area contributed by atoms with Crippen LogP contribution in [0.2, 0.25) is 0 Å². The summed E-state index contributed by atoms with van der Waals surface area (Å²) in [7, 11) is 1.00. The van der Waals surface area contributed by atoms with Crippen LogP contribution in [0.3, 0.4) is 0 Å². The molecular formula is C10H21Cl3O5. The molecule has 0 radical (unpaired) electrons. The van der Waals surface area contributed by atoms with Gasteiger partial charge in [0.1, 0.15) is 0 Å². The summed E-state index contributed by atoms with van der Waals surface area (Å²) in [6, 6.07) is 0. The Bertz CT molecular complexity index is 158. The van der Waals surface area contributed by atoms with Crippen molar-refractivity contribution in [3.63, 3.8) is 0 Å². The van der Waals surface area contributed by atoms with Gasteiger partial charge in [0.05, 0.1) is 13.2 Å². The Hall–Kier alpha value is -0.230. The summed E-state index contributed by atoms with van der Waals surface area (Å²) in [4.78, 5) is 19.6. The fraction of sp³-hybridized carbons (Fsp3) is 0.800. The van der Waals surface area contributed by atoms with Crippen LogP contribution in [0.15, 0.2) is 0 Å². The number of esters is 2. The van der Waals surface area contributed by atoms with Crippen molar-refractivity contribution < 1.29 is 24.2 Å². The molecule has 18 heavy (non-hydrogen) atoms. The lowest BCUT2D eigenvalue weighted by Gasteiger charge is -1.89. The number of aliphatic hydroxyl groups excluding tert-OH is 1. The van der Waals surface area contributed by atoms with E-state index in [-0.39, 0.29) is 11.9 Å². The number of hydrogen-bond acceptors (Lipinski definition) is 5. The maximum absolute atomic E-state index is 9.82.